The van der Waals surface area contributed by atoms with Crippen LogP contribution in [0.25, 0.3) is 0 Å². The molecule has 5 rings (SSSR count). The summed E-state index contributed by atoms with van der Waals surface area (Å²) in [5, 5.41) is 4.49. The molecule has 2 saturated heterocycles. The summed E-state index contributed by atoms with van der Waals surface area (Å²) in [6.07, 6.45) is -0.699. The maximum absolute atomic E-state index is 13.5. The first-order valence-electron chi connectivity index (χ1n) is 12.8. The molecule has 3 atom stereocenters. The largest absolute Gasteiger partial charge is 0.475 e. The van der Waals surface area contributed by atoms with Gasteiger partial charge in [-0.05, 0) is 33.6 Å². The monoisotopic (exact) mass is 566 g/mol. The molecule has 40 heavy (non-hydrogen) atoms. The van der Waals surface area contributed by atoms with Gasteiger partial charge in [-0.1, -0.05) is 0 Å². The molecular formula is C24H29F3N8O5. The first kappa shape index (κ1) is 27.8. The van der Waals surface area contributed by atoms with E-state index in [-0.39, 0.29) is 36.4 Å². The van der Waals surface area contributed by atoms with Crippen molar-refractivity contribution in [3.05, 3.63) is 24.3 Å². The van der Waals surface area contributed by atoms with Crippen LogP contribution in [0, 0.1) is 0 Å². The molecule has 0 unspecified atom stereocenters. The van der Waals surface area contributed by atoms with Gasteiger partial charge in [-0.2, -0.15) is 18.2 Å². The second-order valence-electron chi connectivity index (χ2n) is 10.2. The Morgan fingerprint density at radius 3 is 2.80 bits per heavy atom. The predicted octanol–water partition coefficient (Wildman–Crippen LogP) is 2.50. The van der Waals surface area contributed by atoms with Gasteiger partial charge < -0.3 is 24.4 Å². The van der Waals surface area contributed by atoms with Gasteiger partial charge in [0.1, 0.15) is 18.8 Å². The summed E-state index contributed by atoms with van der Waals surface area (Å²) >= 11 is 0. The minimum atomic E-state index is -4.63. The van der Waals surface area contributed by atoms with Crippen LogP contribution in [0.5, 0.6) is 5.88 Å². The van der Waals surface area contributed by atoms with E-state index in [1.165, 1.54) is 23.4 Å². The molecule has 0 aliphatic carbocycles. The van der Waals surface area contributed by atoms with Gasteiger partial charge >= 0.3 is 12.2 Å². The van der Waals surface area contributed by atoms with E-state index in [9.17, 15) is 22.8 Å². The molecule has 3 aliphatic rings. The number of piperidine rings is 1. The van der Waals surface area contributed by atoms with Crippen molar-refractivity contribution >= 4 is 29.4 Å². The van der Waals surface area contributed by atoms with Gasteiger partial charge in [-0.3, -0.25) is 15.0 Å². The number of nitrogens with zero attached hydrogens (tertiary/aromatic N) is 6. The van der Waals surface area contributed by atoms with Crippen LogP contribution in [0.1, 0.15) is 44.2 Å². The maximum atomic E-state index is 13.5. The third-order valence-electron chi connectivity index (χ3n) is 6.67. The molecule has 3 aliphatic heterocycles. The molecule has 2 aromatic rings. The van der Waals surface area contributed by atoms with Crippen molar-refractivity contribution in [2.24, 2.45) is 0 Å². The minimum Gasteiger partial charge on any atom is -0.475 e. The van der Waals surface area contributed by atoms with E-state index in [0.717, 1.165) is 13.3 Å². The van der Waals surface area contributed by atoms with Crippen LogP contribution in [0.4, 0.5) is 35.4 Å². The average Bonchev–Trinajstić information content (AvgIpc) is 3.25. The fourth-order valence-corrected chi connectivity index (χ4v) is 4.70. The van der Waals surface area contributed by atoms with E-state index in [1.54, 1.807) is 13.8 Å². The van der Waals surface area contributed by atoms with Crippen molar-refractivity contribution in [3.8, 4) is 5.88 Å². The van der Waals surface area contributed by atoms with Crippen molar-refractivity contribution in [1.82, 2.24) is 25.3 Å². The number of ether oxygens (including phenoxy) is 3. The fraction of sp³-hybridized carbons (Fsp3) is 0.583. The Labute approximate surface area is 227 Å². The highest BCUT2D eigenvalue weighted by atomic mass is 19.4. The highest BCUT2D eigenvalue weighted by Crippen LogP contribution is 2.37. The highest BCUT2D eigenvalue weighted by molar-refractivity contribution is 6.04. The minimum absolute atomic E-state index is 0.0303. The lowest BCUT2D eigenvalue weighted by molar-refractivity contribution is -0.149. The Balaban J connectivity index is 1.33. The third kappa shape index (κ3) is 6.01. The maximum Gasteiger partial charge on any atom is 0.408 e. The van der Waals surface area contributed by atoms with Crippen LogP contribution in [0.15, 0.2) is 18.5 Å². The molecule has 3 amide bonds. The lowest BCUT2D eigenvalue weighted by Crippen LogP contribution is -2.56. The van der Waals surface area contributed by atoms with Crippen molar-refractivity contribution in [2.45, 2.75) is 63.8 Å². The molecular weight excluding hydrogens is 537 g/mol. The van der Waals surface area contributed by atoms with Gasteiger partial charge in [-0.25, -0.2) is 19.7 Å². The van der Waals surface area contributed by atoms with Crippen LogP contribution < -0.4 is 25.2 Å². The molecule has 16 heteroatoms. The van der Waals surface area contributed by atoms with Gasteiger partial charge in [0.05, 0.1) is 24.5 Å². The summed E-state index contributed by atoms with van der Waals surface area (Å²) in [7, 11) is 0. The molecule has 0 spiro atoms. The van der Waals surface area contributed by atoms with E-state index in [1.807, 2.05) is 10.2 Å². The quantitative estimate of drug-likeness (QED) is 0.535. The number of hydrogen-bond donors (Lipinski definition) is 2. The summed E-state index contributed by atoms with van der Waals surface area (Å²) in [5.74, 6) is -1.99. The van der Waals surface area contributed by atoms with E-state index in [4.69, 9.17) is 14.2 Å². The predicted molar refractivity (Wildman–Crippen MR) is 134 cm³/mol. The standard InChI is InChI=1S/C24H29F3N8O5/c1-13(24(25,26)27)30-20(36)18-29-9-16-19(32-18)35(14-5-4-8-34(16)10-14)22(37)33-21-28-7-6-17(31-21)38-11-15-12-39-23(2,3)40-15/h6-7,9,13-15H,4-5,8,10-12H2,1-3H3,(H,30,36)(H,28,31,33,37)/t13-,14+,15-/m1/s1. The molecule has 0 saturated carbocycles. The summed E-state index contributed by atoms with van der Waals surface area (Å²) in [6.45, 7) is 6.17. The molecule has 0 radical (unpaired) electrons. The van der Waals surface area contributed by atoms with Crippen LogP contribution >= 0.6 is 0 Å². The summed E-state index contributed by atoms with van der Waals surface area (Å²) in [4.78, 5) is 45.9. The van der Waals surface area contributed by atoms with Crippen molar-refractivity contribution < 1.29 is 37.0 Å². The SMILES string of the molecule is C[C@@H](NC(=O)c1ncc2c(n1)N(C(=O)Nc1nccc(OC[C@@H]3COC(C)(C)O3)n1)[C@H]1CCCN2C1)C(F)(F)F. The Morgan fingerprint density at radius 2 is 2.08 bits per heavy atom. The smallest absolute Gasteiger partial charge is 0.408 e. The molecule has 2 fully saturated rings. The number of hydrogen-bond acceptors (Lipinski definition) is 10. The van der Waals surface area contributed by atoms with Crippen LogP contribution in [-0.4, -0.2) is 88.3 Å². The number of nitrogens with one attached hydrogen (secondary N) is 2. The van der Waals surface area contributed by atoms with Gasteiger partial charge in [0.25, 0.3) is 5.91 Å². The Hall–Kier alpha value is -3.79. The summed E-state index contributed by atoms with van der Waals surface area (Å²) in [6, 6.07) is -1.49. The zero-order valence-corrected chi connectivity index (χ0v) is 22.1. The first-order valence-corrected chi connectivity index (χ1v) is 12.8. The van der Waals surface area contributed by atoms with E-state index >= 15 is 0 Å². The lowest BCUT2D eigenvalue weighted by Gasteiger charge is -2.45. The number of amides is 3. The second-order valence-corrected chi connectivity index (χ2v) is 10.2. The number of fused-ring (bicyclic) bond motifs is 4. The van der Waals surface area contributed by atoms with Crippen LogP contribution in [0.2, 0.25) is 0 Å². The zero-order chi connectivity index (χ0) is 28.7. The number of urea groups is 1. The Kier molecular flexibility index (Phi) is 7.39. The Bertz CT molecular complexity index is 1280. The summed E-state index contributed by atoms with van der Waals surface area (Å²) < 4.78 is 55.8. The molecule has 0 aromatic carbocycles. The molecule has 13 nitrogen and oxygen atoms in total. The van der Waals surface area contributed by atoms with Gasteiger partial charge in [0.15, 0.2) is 11.6 Å². The number of anilines is 3. The second kappa shape index (κ2) is 10.6. The fourth-order valence-electron chi connectivity index (χ4n) is 4.70. The number of carbonyl (C=O) groups is 2. The van der Waals surface area contributed by atoms with Gasteiger partial charge in [0, 0.05) is 25.4 Å². The van der Waals surface area contributed by atoms with Crippen LogP contribution in [-0.2, 0) is 9.47 Å². The van der Waals surface area contributed by atoms with E-state index < -0.39 is 35.8 Å². The van der Waals surface area contributed by atoms with Crippen molar-refractivity contribution in [2.75, 3.05) is 41.4 Å². The van der Waals surface area contributed by atoms with Gasteiger partial charge in [-0.15, -0.1) is 0 Å². The van der Waals surface area contributed by atoms with E-state index in [2.05, 4.69) is 25.3 Å². The normalized spacial score (nSPS) is 22.4. The van der Waals surface area contributed by atoms with Crippen LogP contribution in [0.3, 0.4) is 0 Å². The molecule has 2 aromatic heterocycles. The number of carbonyl (C=O) groups excluding carboxylic acids is 2. The lowest BCUT2D eigenvalue weighted by atomic mass is 10.0. The highest BCUT2D eigenvalue weighted by Gasteiger charge is 2.41. The topological polar surface area (TPSA) is 144 Å². The molecule has 5 heterocycles. The molecule has 2 N–H and O–H groups in total. The van der Waals surface area contributed by atoms with Gasteiger partial charge in [0.2, 0.25) is 17.7 Å². The Morgan fingerprint density at radius 1 is 1.27 bits per heavy atom. The summed E-state index contributed by atoms with van der Waals surface area (Å²) in [5.41, 5.74) is 0.492. The third-order valence-corrected chi connectivity index (χ3v) is 6.67. The molecule has 2 bridgehead atoms. The van der Waals surface area contributed by atoms with E-state index in [0.29, 0.717) is 31.8 Å². The first-order chi connectivity index (χ1) is 18.9. The number of aromatic nitrogens is 4. The number of halogens is 3. The molecule has 216 valence electrons. The van der Waals surface area contributed by atoms with Crippen molar-refractivity contribution in [3.63, 3.8) is 0 Å². The zero-order valence-electron chi connectivity index (χ0n) is 22.1. The number of alkyl halides is 3. The van der Waals surface area contributed by atoms with Crippen molar-refractivity contribution in [1.29, 1.82) is 0 Å². The number of rotatable bonds is 6. The average molecular weight is 567 g/mol.